The van der Waals surface area contributed by atoms with Gasteiger partial charge in [0.2, 0.25) is 5.91 Å². The average molecular weight is 195 g/mol. The molecule has 3 nitrogen and oxygen atoms in total. The van der Waals surface area contributed by atoms with E-state index in [-0.39, 0.29) is 0 Å². The van der Waals surface area contributed by atoms with Crippen LogP contribution in [0, 0.1) is 17.8 Å². The highest BCUT2D eigenvalue weighted by Crippen LogP contribution is 2.48. The monoisotopic (exact) mass is 195 g/mol. The topological polar surface area (TPSA) is 38.3 Å². The van der Waals surface area contributed by atoms with Gasteiger partial charge in [0.05, 0.1) is 19.3 Å². The van der Waals surface area contributed by atoms with Crippen LogP contribution >= 0.6 is 0 Å². The number of rotatable bonds is 2. The van der Waals surface area contributed by atoms with Crippen LogP contribution in [0.1, 0.15) is 25.7 Å². The van der Waals surface area contributed by atoms with Crippen molar-refractivity contribution in [3.8, 4) is 0 Å². The Kier molecular flexibility index (Phi) is 2.01. The number of carbonyl (C=O) groups is 1. The minimum Gasteiger partial charge on any atom is -0.377 e. The summed E-state index contributed by atoms with van der Waals surface area (Å²) in [6, 6.07) is 0.307. The molecule has 0 spiro atoms. The first-order valence-electron chi connectivity index (χ1n) is 5.71. The molecule has 2 bridgehead atoms. The number of fused-ring (bicyclic) bond motifs is 2. The van der Waals surface area contributed by atoms with Crippen LogP contribution in [0.3, 0.4) is 0 Å². The molecule has 0 radical (unpaired) electrons. The maximum absolute atomic E-state index is 11.9. The van der Waals surface area contributed by atoms with E-state index in [0.717, 1.165) is 12.3 Å². The first-order chi connectivity index (χ1) is 6.83. The molecule has 0 aromatic heterocycles. The van der Waals surface area contributed by atoms with E-state index in [4.69, 9.17) is 4.74 Å². The van der Waals surface area contributed by atoms with Gasteiger partial charge in [-0.3, -0.25) is 4.79 Å². The molecule has 1 amide bonds. The lowest BCUT2D eigenvalue weighted by Gasteiger charge is -2.30. The number of amides is 1. The van der Waals surface area contributed by atoms with Gasteiger partial charge in [0.25, 0.3) is 0 Å². The summed E-state index contributed by atoms with van der Waals surface area (Å²) in [7, 11) is 0. The molecule has 0 aromatic carbocycles. The third-order valence-corrected chi connectivity index (χ3v) is 4.06. The van der Waals surface area contributed by atoms with Crippen LogP contribution in [-0.4, -0.2) is 25.2 Å². The first-order valence-corrected chi connectivity index (χ1v) is 5.71. The Labute approximate surface area is 84.2 Å². The van der Waals surface area contributed by atoms with Crippen LogP contribution in [0.25, 0.3) is 0 Å². The number of nitrogens with one attached hydrogen (secondary N) is 1. The van der Waals surface area contributed by atoms with Crippen molar-refractivity contribution < 1.29 is 9.53 Å². The lowest BCUT2D eigenvalue weighted by molar-refractivity contribution is -0.130. The summed E-state index contributed by atoms with van der Waals surface area (Å²) < 4.78 is 5.05. The molecule has 14 heavy (non-hydrogen) atoms. The van der Waals surface area contributed by atoms with E-state index in [1.807, 2.05) is 0 Å². The standard InChI is InChI=1S/C11H17NO2/c13-11(12-9-5-14-6-9)10-4-7-1-2-8(10)3-7/h7-10H,1-6H2,(H,12,13). The molecule has 1 N–H and O–H groups in total. The molecule has 3 heteroatoms. The van der Waals surface area contributed by atoms with E-state index < -0.39 is 0 Å². The molecular formula is C11H17NO2. The third-order valence-electron chi connectivity index (χ3n) is 4.06. The fraction of sp³-hybridized carbons (Fsp3) is 0.909. The van der Waals surface area contributed by atoms with Gasteiger partial charge < -0.3 is 10.1 Å². The van der Waals surface area contributed by atoms with Crippen LogP contribution < -0.4 is 5.32 Å². The van der Waals surface area contributed by atoms with Gasteiger partial charge in [-0.05, 0) is 31.1 Å². The molecule has 3 fully saturated rings. The molecule has 3 unspecified atom stereocenters. The molecule has 1 saturated heterocycles. The van der Waals surface area contributed by atoms with Gasteiger partial charge in [0.1, 0.15) is 0 Å². The van der Waals surface area contributed by atoms with Crippen LogP contribution in [0.2, 0.25) is 0 Å². The maximum Gasteiger partial charge on any atom is 0.223 e. The zero-order valence-electron chi connectivity index (χ0n) is 8.37. The van der Waals surface area contributed by atoms with Crippen LogP contribution in [-0.2, 0) is 9.53 Å². The summed E-state index contributed by atoms with van der Waals surface area (Å²) in [5, 5.41) is 3.08. The molecule has 78 valence electrons. The van der Waals surface area contributed by atoms with E-state index in [9.17, 15) is 4.79 Å². The smallest absolute Gasteiger partial charge is 0.223 e. The Hall–Kier alpha value is -0.570. The molecule has 2 saturated carbocycles. The molecule has 3 rings (SSSR count). The van der Waals surface area contributed by atoms with Crippen molar-refractivity contribution in [3.05, 3.63) is 0 Å². The van der Waals surface area contributed by atoms with E-state index in [1.165, 1.54) is 19.3 Å². The van der Waals surface area contributed by atoms with E-state index in [1.54, 1.807) is 0 Å². The van der Waals surface area contributed by atoms with Gasteiger partial charge in [-0.15, -0.1) is 0 Å². The van der Waals surface area contributed by atoms with Gasteiger partial charge >= 0.3 is 0 Å². The molecule has 1 heterocycles. The number of ether oxygens (including phenoxy) is 1. The summed E-state index contributed by atoms with van der Waals surface area (Å²) in [5.74, 6) is 2.18. The second kappa shape index (κ2) is 3.23. The van der Waals surface area contributed by atoms with E-state index in [2.05, 4.69) is 5.32 Å². The number of hydrogen-bond donors (Lipinski definition) is 1. The van der Waals surface area contributed by atoms with Crippen molar-refractivity contribution in [3.63, 3.8) is 0 Å². The van der Waals surface area contributed by atoms with Gasteiger partial charge in [0, 0.05) is 5.92 Å². The highest BCUT2D eigenvalue weighted by atomic mass is 16.5. The minimum atomic E-state index is 0.297. The molecule has 0 aromatic rings. The Balaban J connectivity index is 1.57. The van der Waals surface area contributed by atoms with Crippen molar-refractivity contribution in [2.45, 2.75) is 31.7 Å². The van der Waals surface area contributed by atoms with Gasteiger partial charge in [-0.2, -0.15) is 0 Å². The summed E-state index contributed by atoms with van der Waals surface area (Å²) >= 11 is 0. The number of carbonyl (C=O) groups excluding carboxylic acids is 1. The fourth-order valence-electron chi connectivity index (χ4n) is 3.19. The maximum atomic E-state index is 11.9. The molecule has 3 aliphatic rings. The quantitative estimate of drug-likeness (QED) is 0.712. The highest BCUT2D eigenvalue weighted by Gasteiger charge is 2.43. The Bertz CT molecular complexity index is 250. The molecule has 3 atom stereocenters. The van der Waals surface area contributed by atoms with Crippen molar-refractivity contribution in [2.75, 3.05) is 13.2 Å². The summed E-state index contributed by atoms with van der Waals surface area (Å²) in [4.78, 5) is 11.9. The molecule has 2 aliphatic carbocycles. The summed E-state index contributed by atoms with van der Waals surface area (Å²) in [6.07, 6.45) is 5.09. The van der Waals surface area contributed by atoms with Crippen molar-refractivity contribution in [1.82, 2.24) is 5.32 Å². The molecule has 1 aliphatic heterocycles. The lowest BCUT2D eigenvalue weighted by atomic mass is 9.88. The normalized spacial score (nSPS) is 41.0. The lowest BCUT2D eigenvalue weighted by Crippen LogP contribution is -2.50. The Morgan fingerprint density at radius 3 is 2.57 bits per heavy atom. The largest absolute Gasteiger partial charge is 0.377 e. The first kappa shape index (κ1) is 8.72. The van der Waals surface area contributed by atoms with Crippen molar-refractivity contribution >= 4 is 5.91 Å². The van der Waals surface area contributed by atoms with E-state index in [0.29, 0.717) is 37.0 Å². The third kappa shape index (κ3) is 1.34. The van der Waals surface area contributed by atoms with Gasteiger partial charge in [-0.1, -0.05) is 6.42 Å². The minimum absolute atomic E-state index is 0.297. The SMILES string of the molecule is O=C(NC1COC1)C1CC2CCC1C2. The summed E-state index contributed by atoms with van der Waals surface area (Å²) in [5.41, 5.74) is 0. The van der Waals surface area contributed by atoms with Crippen LogP contribution in [0.5, 0.6) is 0 Å². The average Bonchev–Trinajstić information content (AvgIpc) is 2.71. The number of hydrogen-bond acceptors (Lipinski definition) is 2. The van der Waals surface area contributed by atoms with E-state index >= 15 is 0 Å². The van der Waals surface area contributed by atoms with Gasteiger partial charge in [0.15, 0.2) is 0 Å². The van der Waals surface area contributed by atoms with Gasteiger partial charge in [-0.25, -0.2) is 0 Å². The zero-order chi connectivity index (χ0) is 9.54. The zero-order valence-corrected chi connectivity index (χ0v) is 8.37. The predicted octanol–water partition coefficient (Wildman–Crippen LogP) is 0.938. The van der Waals surface area contributed by atoms with Crippen molar-refractivity contribution in [1.29, 1.82) is 0 Å². The van der Waals surface area contributed by atoms with Crippen LogP contribution in [0.15, 0.2) is 0 Å². The summed E-state index contributed by atoms with van der Waals surface area (Å²) in [6.45, 7) is 1.43. The molecular weight excluding hydrogens is 178 g/mol. The van der Waals surface area contributed by atoms with Crippen LogP contribution in [0.4, 0.5) is 0 Å². The Morgan fingerprint density at radius 1 is 1.21 bits per heavy atom. The fourth-order valence-corrected chi connectivity index (χ4v) is 3.19. The second-order valence-electron chi connectivity index (χ2n) is 5.02. The second-order valence-corrected chi connectivity index (χ2v) is 5.02. The van der Waals surface area contributed by atoms with Crippen molar-refractivity contribution in [2.24, 2.45) is 17.8 Å². The predicted molar refractivity (Wildman–Crippen MR) is 51.7 cm³/mol. The highest BCUT2D eigenvalue weighted by molar-refractivity contribution is 5.79. The Morgan fingerprint density at radius 2 is 2.07 bits per heavy atom.